The van der Waals surface area contributed by atoms with Gasteiger partial charge in [-0.05, 0) is 55.2 Å². The highest BCUT2D eigenvalue weighted by Gasteiger charge is 2.22. The van der Waals surface area contributed by atoms with Gasteiger partial charge in [-0.25, -0.2) is 0 Å². The molecule has 5 heteroatoms. The number of nitro groups is 1. The van der Waals surface area contributed by atoms with E-state index in [9.17, 15) is 10.1 Å². The predicted molar refractivity (Wildman–Crippen MR) is 103 cm³/mol. The van der Waals surface area contributed by atoms with E-state index in [0.29, 0.717) is 6.61 Å². The third-order valence-corrected chi connectivity index (χ3v) is 5.02. The number of nitro benzene ring substituents is 1. The van der Waals surface area contributed by atoms with Crippen LogP contribution in [-0.2, 0) is 6.54 Å². The molecule has 0 bridgehead atoms. The van der Waals surface area contributed by atoms with Crippen molar-refractivity contribution < 1.29 is 9.66 Å². The van der Waals surface area contributed by atoms with Crippen molar-refractivity contribution in [3.8, 4) is 17.0 Å². The lowest BCUT2D eigenvalue weighted by molar-refractivity contribution is -0.384. The number of hydrogen-bond acceptors (Lipinski definition) is 3. The molecule has 26 heavy (non-hydrogen) atoms. The highest BCUT2D eigenvalue weighted by atomic mass is 16.6. The zero-order chi connectivity index (χ0) is 18.1. The lowest BCUT2D eigenvalue weighted by atomic mass is 10.1. The Morgan fingerprint density at radius 2 is 1.92 bits per heavy atom. The first-order valence-electron chi connectivity index (χ1n) is 9.16. The van der Waals surface area contributed by atoms with Gasteiger partial charge < -0.3 is 9.30 Å². The van der Waals surface area contributed by atoms with Gasteiger partial charge in [0.25, 0.3) is 5.69 Å². The van der Waals surface area contributed by atoms with Crippen LogP contribution in [0.15, 0.2) is 48.5 Å². The molecule has 3 aromatic rings. The summed E-state index contributed by atoms with van der Waals surface area (Å²) in [5.41, 5.74) is 3.38. The molecule has 1 heterocycles. The molecule has 1 saturated carbocycles. The van der Waals surface area contributed by atoms with E-state index in [-0.39, 0.29) is 10.6 Å². The van der Waals surface area contributed by atoms with E-state index in [1.807, 2.05) is 25.1 Å². The first-order valence-corrected chi connectivity index (χ1v) is 9.16. The van der Waals surface area contributed by atoms with Crippen molar-refractivity contribution in [2.75, 3.05) is 6.61 Å². The Labute approximate surface area is 152 Å². The Morgan fingerprint density at radius 1 is 1.15 bits per heavy atom. The molecular formula is C21H22N2O3. The predicted octanol–water partition coefficient (Wildman–Crippen LogP) is 5.42. The van der Waals surface area contributed by atoms with Gasteiger partial charge in [0.2, 0.25) is 0 Å². The minimum atomic E-state index is -0.360. The number of aryl methyl sites for hydroxylation is 1. The molecular weight excluding hydrogens is 328 g/mol. The van der Waals surface area contributed by atoms with Gasteiger partial charge in [-0.15, -0.1) is 0 Å². The van der Waals surface area contributed by atoms with Crippen LogP contribution in [0.2, 0.25) is 0 Å². The number of benzene rings is 2. The van der Waals surface area contributed by atoms with Crippen LogP contribution >= 0.6 is 0 Å². The van der Waals surface area contributed by atoms with Crippen molar-refractivity contribution in [3.05, 3.63) is 58.6 Å². The molecule has 1 aliphatic carbocycles. The molecule has 4 rings (SSSR count). The SMILES string of the molecule is CCOc1ccc2cc(-c3ccc([N+](=O)[O-])cc3)n(CCC3CC3)c2c1. The van der Waals surface area contributed by atoms with Crippen molar-refractivity contribution in [1.82, 2.24) is 4.57 Å². The van der Waals surface area contributed by atoms with Crippen LogP contribution in [0, 0.1) is 16.0 Å². The van der Waals surface area contributed by atoms with E-state index < -0.39 is 0 Å². The first kappa shape index (κ1) is 16.6. The molecule has 0 unspecified atom stereocenters. The van der Waals surface area contributed by atoms with E-state index in [4.69, 9.17) is 4.74 Å². The summed E-state index contributed by atoms with van der Waals surface area (Å²) in [5.74, 6) is 1.72. The van der Waals surface area contributed by atoms with Crippen LogP contribution in [0.3, 0.4) is 0 Å². The number of fused-ring (bicyclic) bond motifs is 1. The van der Waals surface area contributed by atoms with E-state index >= 15 is 0 Å². The van der Waals surface area contributed by atoms with Crippen LogP contribution in [0.5, 0.6) is 5.75 Å². The summed E-state index contributed by atoms with van der Waals surface area (Å²) in [6, 6.07) is 15.2. The van der Waals surface area contributed by atoms with Crippen molar-refractivity contribution in [2.45, 2.75) is 32.7 Å². The van der Waals surface area contributed by atoms with Crippen molar-refractivity contribution in [3.63, 3.8) is 0 Å². The quantitative estimate of drug-likeness (QED) is 0.422. The van der Waals surface area contributed by atoms with Crippen LogP contribution in [0.4, 0.5) is 5.69 Å². The fraction of sp³-hybridized carbons (Fsp3) is 0.333. The fourth-order valence-electron chi connectivity index (χ4n) is 3.44. The average Bonchev–Trinajstić information content (AvgIpc) is 3.41. The maximum atomic E-state index is 10.9. The Kier molecular flexibility index (Phi) is 4.37. The average molecular weight is 350 g/mol. The number of rotatable bonds is 7. The van der Waals surface area contributed by atoms with E-state index in [0.717, 1.165) is 40.4 Å². The number of non-ortho nitro benzene ring substituents is 1. The summed E-state index contributed by atoms with van der Waals surface area (Å²) in [5, 5.41) is 12.1. The number of ether oxygens (including phenoxy) is 1. The normalized spacial score (nSPS) is 13.9. The van der Waals surface area contributed by atoms with Crippen molar-refractivity contribution in [2.24, 2.45) is 5.92 Å². The van der Waals surface area contributed by atoms with Crippen LogP contribution in [0.1, 0.15) is 26.2 Å². The second-order valence-corrected chi connectivity index (χ2v) is 6.87. The molecule has 0 N–H and O–H groups in total. The monoisotopic (exact) mass is 350 g/mol. The minimum absolute atomic E-state index is 0.119. The first-order chi connectivity index (χ1) is 12.7. The molecule has 0 radical (unpaired) electrons. The molecule has 0 saturated heterocycles. The van der Waals surface area contributed by atoms with Gasteiger partial charge in [0.05, 0.1) is 17.0 Å². The number of aromatic nitrogens is 1. The Hall–Kier alpha value is -2.82. The maximum Gasteiger partial charge on any atom is 0.269 e. The largest absolute Gasteiger partial charge is 0.494 e. The molecule has 0 spiro atoms. The molecule has 1 aromatic heterocycles. The van der Waals surface area contributed by atoms with Crippen molar-refractivity contribution in [1.29, 1.82) is 0 Å². The van der Waals surface area contributed by atoms with Gasteiger partial charge >= 0.3 is 0 Å². The topological polar surface area (TPSA) is 57.3 Å². The summed E-state index contributed by atoms with van der Waals surface area (Å²) in [7, 11) is 0. The third kappa shape index (κ3) is 3.29. The molecule has 0 aliphatic heterocycles. The second-order valence-electron chi connectivity index (χ2n) is 6.87. The molecule has 1 fully saturated rings. The van der Waals surface area contributed by atoms with Gasteiger partial charge in [-0.1, -0.05) is 12.8 Å². The summed E-state index contributed by atoms with van der Waals surface area (Å²) >= 11 is 0. The van der Waals surface area contributed by atoms with Crippen LogP contribution in [0.25, 0.3) is 22.2 Å². The molecule has 134 valence electrons. The standard InChI is InChI=1S/C21H22N2O3/c1-2-26-19-10-7-17-13-20(16-5-8-18(9-6-16)23(24)25)22(21(17)14-19)12-11-15-3-4-15/h5-10,13-15H,2-4,11-12H2,1H3. The lowest BCUT2D eigenvalue weighted by Gasteiger charge is -2.12. The number of nitrogens with zero attached hydrogens (tertiary/aromatic N) is 2. The summed E-state index contributed by atoms with van der Waals surface area (Å²) in [6.45, 7) is 3.58. The summed E-state index contributed by atoms with van der Waals surface area (Å²) < 4.78 is 8.01. The minimum Gasteiger partial charge on any atom is -0.494 e. The zero-order valence-corrected chi connectivity index (χ0v) is 14.9. The molecule has 1 aliphatic rings. The van der Waals surface area contributed by atoms with E-state index in [2.05, 4.69) is 22.8 Å². The van der Waals surface area contributed by atoms with Gasteiger partial charge in [0.1, 0.15) is 5.75 Å². The van der Waals surface area contributed by atoms with Gasteiger partial charge in [0.15, 0.2) is 0 Å². The molecule has 0 atom stereocenters. The Morgan fingerprint density at radius 3 is 2.58 bits per heavy atom. The zero-order valence-electron chi connectivity index (χ0n) is 14.9. The van der Waals surface area contributed by atoms with Gasteiger partial charge in [-0.2, -0.15) is 0 Å². The highest BCUT2D eigenvalue weighted by Crippen LogP contribution is 2.36. The number of hydrogen-bond donors (Lipinski definition) is 0. The smallest absolute Gasteiger partial charge is 0.269 e. The molecule has 0 amide bonds. The molecule has 2 aromatic carbocycles. The van der Waals surface area contributed by atoms with Gasteiger partial charge in [-0.3, -0.25) is 10.1 Å². The summed E-state index contributed by atoms with van der Waals surface area (Å²) in [6.07, 6.45) is 3.83. The van der Waals surface area contributed by atoms with E-state index in [1.165, 1.54) is 19.3 Å². The van der Waals surface area contributed by atoms with Crippen LogP contribution < -0.4 is 4.74 Å². The maximum absolute atomic E-state index is 10.9. The van der Waals surface area contributed by atoms with Gasteiger partial charge in [0, 0.05) is 35.8 Å². The second kappa shape index (κ2) is 6.83. The Balaban J connectivity index is 1.78. The van der Waals surface area contributed by atoms with Crippen LogP contribution in [-0.4, -0.2) is 16.1 Å². The Bertz CT molecular complexity index is 940. The van der Waals surface area contributed by atoms with E-state index in [1.54, 1.807) is 12.1 Å². The third-order valence-electron chi connectivity index (χ3n) is 5.02. The molecule has 5 nitrogen and oxygen atoms in total. The summed E-state index contributed by atoms with van der Waals surface area (Å²) in [4.78, 5) is 10.6. The van der Waals surface area contributed by atoms with Crippen molar-refractivity contribution >= 4 is 16.6 Å². The fourth-order valence-corrected chi connectivity index (χ4v) is 3.44. The lowest BCUT2D eigenvalue weighted by Crippen LogP contribution is -2.01. The highest BCUT2D eigenvalue weighted by molar-refractivity contribution is 5.88.